The van der Waals surface area contributed by atoms with Crippen molar-refractivity contribution in [2.24, 2.45) is 11.8 Å². The second kappa shape index (κ2) is 6.34. The highest BCUT2D eigenvalue weighted by Gasteiger charge is 2.54. The number of aromatic nitrogens is 1. The summed E-state index contributed by atoms with van der Waals surface area (Å²) in [6, 6.07) is 3.93. The van der Waals surface area contributed by atoms with E-state index in [0.29, 0.717) is 32.2 Å². The van der Waals surface area contributed by atoms with Gasteiger partial charge in [-0.2, -0.15) is 0 Å². The Labute approximate surface area is 131 Å². The first-order chi connectivity index (χ1) is 10.6. The van der Waals surface area contributed by atoms with Gasteiger partial charge in [0.05, 0.1) is 26.3 Å². The molecule has 0 unspecified atom stereocenters. The summed E-state index contributed by atoms with van der Waals surface area (Å²) >= 11 is 0. The van der Waals surface area contributed by atoms with Crippen molar-refractivity contribution in [3.63, 3.8) is 0 Å². The Morgan fingerprint density at radius 2 is 2.18 bits per heavy atom. The fraction of sp³-hybridized carbons (Fsp3) is 0.647. The van der Waals surface area contributed by atoms with E-state index in [-0.39, 0.29) is 17.4 Å². The number of rotatable bonds is 5. The molecule has 0 saturated carbocycles. The zero-order chi connectivity index (χ0) is 15.6. The van der Waals surface area contributed by atoms with Gasteiger partial charge in [0.1, 0.15) is 5.60 Å². The van der Waals surface area contributed by atoms with Crippen LogP contribution in [0, 0.1) is 11.8 Å². The monoisotopic (exact) mass is 304 g/mol. The second-order valence-corrected chi connectivity index (χ2v) is 6.62. The molecule has 2 saturated heterocycles. The summed E-state index contributed by atoms with van der Waals surface area (Å²) < 4.78 is 11.8. The SMILES string of the molecule is CC(C)C(=O)N1CC2(C1)OCC[C@@H]2COCc1ccncc1. The maximum Gasteiger partial charge on any atom is 0.225 e. The standard InChI is InChI=1S/C17H24N2O3/c1-13(2)16(20)19-11-17(12-19)15(5-8-22-17)10-21-9-14-3-6-18-7-4-14/h3-4,6-7,13,15H,5,8-12H2,1-2H3/t15-/m1/s1. The molecule has 0 N–H and O–H groups in total. The molecule has 0 aromatic carbocycles. The maximum absolute atomic E-state index is 12.0. The number of nitrogens with zero attached hydrogens (tertiary/aromatic N) is 2. The molecule has 1 amide bonds. The van der Waals surface area contributed by atoms with E-state index in [4.69, 9.17) is 9.47 Å². The lowest BCUT2D eigenvalue weighted by Crippen LogP contribution is -2.67. The predicted octanol–water partition coefficient (Wildman–Crippen LogP) is 1.87. The minimum Gasteiger partial charge on any atom is -0.376 e. The lowest BCUT2D eigenvalue weighted by molar-refractivity contribution is -0.171. The highest BCUT2D eigenvalue weighted by molar-refractivity contribution is 5.79. The Kier molecular flexibility index (Phi) is 4.45. The van der Waals surface area contributed by atoms with E-state index in [9.17, 15) is 4.79 Å². The topological polar surface area (TPSA) is 51.7 Å². The molecule has 2 aliphatic rings. The molecule has 120 valence electrons. The van der Waals surface area contributed by atoms with Crippen molar-refractivity contribution in [3.8, 4) is 0 Å². The van der Waals surface area contributed by atoms with Crippen molar-refractivity contribution in [2.75, 3.05) is 26.3 Å². The van der Waals surface area contributed by atoms with Gasteiger partial charge < -0.3 is 14.4 Å². The van der Waals surface area contributed by atoms with Crippen LogP contribution in [0.1, 0.15) is 25.8 Å². The van der Waals surface area contributed by atoms with E-state index in [0.717, 1.165) is 18.6 Å². The van der Waals surface area contributed by atoms with Crippen LogP contribution in [0.2, 0.25) is 0 Å². The maximum atomic E-state index is 12.0. The van der Waals surface area contributed by atoms with Gasteiger partial charge in [-0.1, -0.05) is 13.8 Å². The minimum absolute atomic E-state index is 0.0557. The van der Waals surface area contributed by atoms with Crippen LogP contribution in [-0.4, -0.2) is 47.7 Å². The molecule has 3 rings (SSSR count). The summed E-state index contributed by atoms with van der Waals surface area (Å²) in [5, 5.41) is 0. The lowest BCUT2D eigenvalue weighted by Gasteiger charge is -2.50. The number of ether oxygens (including phenoxy) is 2. The van der Waals surface area contributed by atoms with E-state index in [1.54, 1.807) is 12.4 Å². The molecule has 2 fully saturated rings. The number of pyridine rings is 1. The average Bonchev–Trinajstić information content (AvgIpc) is 2.90. The van der Waals surface area contributed by atoms with Gasteiger partial charge in [-0.05, 0) is 24.1 Å². The third-order valence-electron chi connectivity index (χ3n) is 4.66. The van der Waals surface area contributed by atoms with E-state index < -0.39 is 0 Å². The second-order valence-electron chi connectivity index (χ2n) is 6.62. The molecule has 2 aliphatic heterocycles. The third-order valence-corrected chi connectivity index (χ3v) is 4.66. The molecule has 3 heterocycles. The van der Waals surface area contributed by atoms with Crippen molar-refractivity contribution in [3.05, 3.63) is 30.1 Å². The minimum atomic E-state index is -0.164. The predicted molar refractivity (Wildman–Crippen MR) is 82.1 cm³/mol. The molecule has 1 spiro atoms. The molecule has 0 radical (unpaired) electrons. The number of amides is 1. The molecule has 5 heteroatoms. The number of carbonyl (C=O) groups is 1. The van der Waals surface area contributed by atoms with Gasteiger partial charge in [0.25, 0.3) is 0 Å². The summed E-state index contributed by atoms with van der Waals surface area (Å²) in [7, 11) is 0. The van der Waals surface area contributed by atoms with Gasteiger partial charge >= 0.3 is 0 Å². The Balaban J connectivity index is 1.49. The first-order valence-electron chi connectivity index (χ1n) is 8.00. The van der Waals surface area contributed by atoms with Gasteiger partial charge in [0.2, 0.25) is 5.91 Å². The van der Waals surface area contributed by atoms with Gasteiger partial charge in [0.15, 0.2) is 0 Å². The van der Waals surface area contributed by atoms with Crippen LogP contribution >= 0.6 is 0 Å². The van der Waals surface area contributed by atoms with Crippen LogP contribution in [0.25, 0.3) is 0 Å². The van der Waals surface area contributed by atoms with Crippen LogP contribution in [0.3, 0.4) is 0 Å². The molecule has 1 aromatic heterocycles. The van der Waals surface area contributed by atoms with Gasteiger partial charge in [0, 0.05) is 30.8 Å². The summed E-state index contributed by atoms with van der Waals surface area (Å²) in [6.45, 7) is 7.37. The van der Waals surface area contributed by atoms with E-state index in [2.05, 4.69) is 4.98 Å². The number of hydrogen-bond acceptors (Lipinski definition) is 4. The van der Waals surface area contributed by atoms with E-state index in [1.165, 1.54) is 0 Å². The molecule has 0 aliphatic carbocycles. The third kappa shape index (κ3) is 3.01. The number of carbonyl (C=O) groups excluding carboxylic acids is 1. The van der Waals surface area contributed by atoms with Gasteiger partial charge in [-0.25, -0.2) is 0 Å². The molecule has 0 bridgehead atoms. The van der Waals surface area contributed by atoms with E-state index >= 15 is 0 Å². The quantitative estimate of drug-likeness (QED) is 0.833. The van der Waals surface area contributed by atoms with Crippen molar-refractivity contribution in [2.45, 2.75) is 32.5 Å². The Bertz CT molecular complexity index is 512. The largest absolute Gasteiger partial charge is 0.376 e. The summed E-state index contributed by atoms with van der Waals surface area (Å²) in [5.41, 5.74) is 0.969. The van der Waals surface area contributed by atoms with Crippen molar-refractivity contribution in [1.29, 1.82) is 0 Å². The summed E-state index contributed by atoms with van der Waals surface area (Å²) in [6.07, 6.45) is 4.57. The number of likely N-dealkylation sites (tertiary alicyclic amines) is 1. The van der Waals surface area contributed by atoms with Crippen molar-refractivity contribution >= 4 is 5.91 Å². The molecule has 5 nitrogen and oxygen atoms in total. The Morgan fingerprint density at radius 3 is 2.86 bits per heavy atom. The fourth-order valence-corrected chi connectivity index (χ4v) is 3.29. The first-order valence-corrected chi connectivity index (χ1v) is 8.00. The number of hydrogen-bond donors (Lipinski definition) is 0. The summed E-state index contributed by atoms with van der Waals surface area (Å²) in [5.74, 6) is 0.656. The fourth-order valence-electron chi connectivity index (χ4n) is 3.29. The summed E-state index contributed by atoms with van der Waals surface area (Å²) in [4.78, 5) is 17.9. The van der Waals surface area contributed by atoms with Crippen molar-refractivity contribution < 1.29 is 14.3 Å². The Morgan fingerprint density at radius 1 is 1.45 bits per heavy atom. The molecule has 22 heavy (non-hydrogen) atoms. The average molecular weight is 304 g/mol. The van der Waals surface area contributed by atoms with Gasteiger partial charge in [-0.15, -0.1) is 0 Å². The molecular weight excluding hydrogens is 280 g/mol. The lowest BCUT2D eigenvalue weighted by atomic mass is 9.80. The Hall–Kier alpha value is -1.46. The van der Waals surface area contributed by atoms with Crippen molar-refractivity contribution in [1.82, 2.24) is 9.88 Å². The van der Waals surface area contributed by atoms with Crippen LogP contribution in [0.4, 0.5) is 0 Å². The first kappa shape index (κ1) is 15.4. The highest BCUT2D eigenvalue weighted by Crippen LogP contribution is 2.40. The normalized spacial score (nSPS) is 23.0. The highest BCUT2D eigenvalue weighted by atomic mass is 16.5. The zero-order valence-electron chi connectivity index (χ0n) is 13.3. The molecule has 1 atom stereocenters. The smallest absolute Gasteiger partial charge is 0.225 e. The van der Waals surface area contributed by atoms with Crippen LogP contribution in [0.5, 0.6) is 0 Å². The van der Waals surface area contributed by atoms with Gasteiger partial charge in [-0.3, -0.25) is 9.78 Å². The van der Waals surface area contributed by atoms with Crippen LogP contribution in [0.15, 0.2) is 24.5 Å². The molecular formula is C17H24N2O3. The zero-order valence-corrected chi connectivity index (χ0v) is 13.3. The van der Waals surface area contributed by atoms with Crippen LogP contribution < -0.4 is 0 Å². The van der Waals surface area contributed by atoms with E-state index in [1.807, 2.05) is 30.9 Å². The molecule has 1 aromatic rings. The van der Waals surface area contributed by atoms with Crippen LogP contribution in [-0.2, 0) is 20.9 Å².